The Morgan fingerprint density at radius 1 is 1.47 bits per heavy atom. The summed E-state index contributed by atoms with van der Waals surface area (Å²) in [7, 11) is -2.68. The van der Waals surface area contributed by atoms with Crippen LogP contribution in [0.4, 0.5) is 5.69 Å². The molecule has 1 rings (SSSR count). The minimum absolute atomic E-state index is 0.172. The van der Waals surface area contributed by atoms with Gasteiger partial charge in [-0.05, 0) is 18.2 Å². The lowest BCUT2D eigenvalue weighted by molar-refractivity contribution is 0.0955. The van der Waals surface area contributed by atoms with Crippen LogP contribution in [0.2, 0.25) is 5.02 Å². The standard InChI is InChI=1S/C7H6ClN3O3S/c8-5-2-1-4(3-6(5)9)7(12)10-11-15(13)14/h1-3H,9H2,(H,10,12). The monoisotopic (exact) mass is 247 g/mol. The lowest BCUT2D eigenvalue weighted by Crippen LogP contribution is -2.17. The van der Waals surface area contributed by atoms with E-state index in [1.807, 2.05) is 5.43 Å². The SMILES string of the molecule is Nc1cc(C(=O)NN=S(=O)=O)ccc1Cl. The molecule has 0 unspecified atom stereocenters. The highest BCUT2D eigenvalue weighted by Gasteiger charge is 2.06. The number of nitrogens with one attached hydrogen (secondary N) is 1. The van der Waals surface area contributed by atoms with E-state index in [2.05, 4.69) is 4.47 Å². The van der Waals surface area contributed by atoms with Crippen molar-refractivity contribution in [3.05, 3.63) is 28.8 Å². The maximum atomic E-state index is 11.2. The van der Waals surface area contributed by atoms with E-state index in [0.717, 1.165) is 0 Å². The molecule has 0 aromatic heterocycles. The smallest absolute Gasteiger partial charge is 0.332 e. The zero-order valence-electron chi connectivity index (χ0n) is 7.27. The van der Waals surface area contributed by atoms with Gasteiger partial charge in [0, 0.05) is 5.56 Å². The molecule has 0 saturated carbocycles. The topological polar surface area (TPSA) is 102 Å². The molecular weight excluding hydrogens is 242 g/mol. The van der Waals surface area contributed by atoms with E-state index in [-0.39, 0.29) is 11.3 Å². The molecule has 0 aliphatic carbocycles. The molecule has 1 amide bonds. The van der Waals surface area contributed by atoms with Crippen LogP contribution in [0.5, 0.6) is 0 Å². The van der Waals surface area contributed by atoms with Gasteiger partial charge in [0.1, 0.15) is 0 Å². The van der Waals surface area contributed by atoms with Crippen LogP contribution in [0.3, 0.4) is 0 Å². The molecule has 0 bridgehead atoms. The first-order valence-electron chi connectivity index (χ1n) is 3.66. The highest BCUT2D eigenvalue weighted by molar-refractivity contribution is 7.61. The molecule has 0 atom stereocenters. The summed E-state index contributed by atoms with van der Waals surface area (Å²) in [6, 6.07) is 4.15. The summed E-state index contributed by atoms with van der Waals surface area (Å²) in [6.07, 6.45) is 0. The maximum Gasteiger partial charge on any atom is 0.332 e. The van der Waals surface area contributed by atoms with Gasteiger partial charge in [-0.15, -0.1) is 0 Å². The molecule has 0 saturated heterocycles. The lowest BCUT2D eigenvalue weighted by atomic mass is 10.2. The molecular formula is C7H6ClN3O3S. The Kier molecular flexibility index (Phi) is 3.64. The van der Waals surface area contributed by atoms with Crippen molar-refractivity contribution >= 4 is 33.7 Å². The number of hydrogen-bond acceptors (Lipinski definition) is 5. The highest BCUT2D eigenvalue weighted by Crippen LogP contribution is 2.19. The van der Waals surface area contributed by atoms with E-state index in [0.29, 0.717) is 5.02 Å². The first-order chi connectivity index (χ1) is 7.00. The van der Waals surface area contributed by atoms with Gasteiger partial charge in [-0.2, -0.15) is 8.42 Å². The van der Waals surface area contributed by atoms with Gasteiger partial charge in [-0.25, -0.2) is 5.43 Å². The minimum atomic E-state index is -2.68. The maximum absolute atomic E-state index is 11.2. The van der Waals surface area contributed by atoms with Crippen molar-refractivity contribution in [2.75, 3.05) is 5.73 Å². The number of rotatable bonds is 2. The van der Waals surface area contributed by atoms with Gasteiger partial charge in [0.05, 0.1) is 10.7 Å². The third-order valence-electron chi connectivity index (χ3n) is 1.48. The number of nitrogens with zero attached hydrogens (tertiary/aromatic N) is 1. The normalized spacial score (nSPS) is 9.40. The Labute approximate surface area is 91.7 Å². The molecule has 0 aliphatic rings. The number of carbonyl (C=O) groups is 1. The van der Waals surface area contributed by atoms with E-state index in [4.69, 9.17) is 17.3 Å². The summed E-state index contributed by atoms with van der Waals surface area (Å²) >= 11 is 5.63. The molecule has 3 N–H and O–H groups in total. The van der Waals surface area contributed by atoms with Crippen molar-refractivity contribution in [2.45, 2.75) is 0 Å². The summed E-state index contributed by atoms with van der Waals surface area (Å²) in [6.45, 7) is 0. The van der Waals surface area contributed by atoms with Crippen molar-refractivity contribution in [2.24, 2.45) is 4.47 Å². The average molecular weight is 248 g/mol. The predicted octanol–water partition coefficient (Wildman–Crippen LogP) is 0.630. The second kappa shape index (κ2) is 4.76. The van der Waals surface area contributed by atoms with E-state index in [1.165, 1.54) is 18.2 Å². The van der Waals surface area contributed by atoms with Crippen LogP contribution in [0.25, 0.3) is 0 Å². The summed E-state index contributed by atoms with van der Waals surface area (Å²) in [5.41, 5.74) is 7.67. The van der Waals surface area contributed by atoms with Crippen LogP contribution in [0, 0.1) is 0 Å². The van der Waals surface area contributed by atoms with Crippen LogP contribution < -0.4 is 11.2 Å². The fraction of sp³-hybridized carbons (Fsp3) is 0. The number of anilines is 1. The van der Waals surface area contributed by atoms with Crippen molar-refractivity contribution < 1.29 is 13.2 Å². The first-order valence-corrected chi connectivity index (χ1v) is 5.07. The molecule has 8 heteroatoms. The highest BCUT2D eigenvalue weighted by atomic mass is 35.5. The second-order valence-electron chi connectivity index (χ2n) is 2.49. The minimum Gasteiger partial charge on any atom is -0.398 e. The number of hydrogen-bond donors (Lipinski definition) is 2. The summed E-state index contributed by atoms with van der Waals surface area (Å²) < 4.78 is 22.9. The largest absolute Gasteiger partial charge is 0.398 e. The van der Waals surface area contributed by atoms with E-state index >= 15 is 0 Å². The fourth-order valence-corrected chi connectivity index (χ4v) is 1.10. The quantitative estimate of drug-likeness (QED) is 0.591. The van der Waals surface area contributed by atoms with Crippen molar-refractivity contribution in [1.29, 1.82) is 0 Å². The Morgan fingerprint density at radius 3 is 2.67 bits per heavy atom. The van der Waals surface area contributed by atoms with Crippen LogP contribution >= 0.6 is 11.6 Å². The number of carbonyl (C=O) groups excluding carboxylic acids is 1. The number of nitrogen functional groups attached to an aromatic ring is 1. The van der Waals surface area contributed by atoms with Crippen LogP contribution in [0.15, 0.2) is 22.7 Å². The summed E-state index contributed by atoms with van der Waals surface area (Å²) in [5.74, 6) is -0.678. The molecule has 80 valence electrons. The number of nitrogens with two attached hydrogens (primary N) is 1. The fourth-order valence-electron chi connectivity index (χ4n) is 0.828. The Balaban J connectivity index is 2.92. The summed E-state index contributed by atoms with van der Waals surface area (Å²) in [4.78, 5) is 11.2. The molecule has 0 aliphatic heterocycles. The molecule has 1 aromatic carbocycles. The van der Waals surface area contributed by atoms with Crippen LogP contribution in [0.1, 0.15) is 10.4 Å². The Bertz CT molecular complexity index is 518. The van der Waals surface area contributed by atoms with E-state index in [1.54, 1.807) is 0 Å². The molecule has 0 fully saturated rings. The second-order valence-corrected chi connectivity index (χ2v) is 3.51. The average Bonchev–Trinajstić information content (AvgIpc) is 2.18. The van der Waals surface area contributed by atoms with E-state index < -0.39 is 16.4 Å². The van der Waals surface area contributed by atoms with Gasteiger partial charge in [-0.3, -0.25) is 4.79 Å². The predicted molar refractivity (Wildman–Crippen MR) is 54.7 cm³/mol. The lowest BCUT2D eigenvalue weighted by Gasteiger charge is -2.01. The van der Waals surface area contributed by atoms with Crippen molar-refractivity contribution in [3.8, 4) is 0 Å². The van der Waals surface area contributed by atoms with Gasteiger partial charge < -0.3 is 5.73 Å². The van der Waals surface area contributed by atoms with Crippen LogP contribution in [-0.4, -0.2) is 14.3 Å². The van der Waals surface area contributed by atoms with Crippen molar-refractivity contribution in [3.63, 3.8) is 0 Å². The van der Waals surface area contributed by atoms with Crippen molar-refractivity contribution in [1.82, 2.24) is 5.43 Å². The third-order valence-corrected chi connectivity index (χ3v) is 2.06. The molecule has 0 radical (unpaired) electrons. The molecule has 0 heterocycles. The van der Waals surface area contributed by atoms with Gasteiger partial charge in [-0.1, -0.05) is 16.1 Å². The molecule has 0 spiro atoms. The Hall–Kier alpha value is -1.60. The molecule has 1 aromatic rings. The number of halogens is 1. The number of amides is 1. The van der Waals surface area contributed by atoms with Gasteiger partial charge in [0.25, 0.3) is 5.91 Å². The molecule has 15 heavy (non-hydrogen) atoms. The third kappa shape index (κ3) is 3.22. The van der Waals surface area contributed by atoms with Gasteiger partial charge in [0.15, 0.2) is 0 Å². The van der Waals surface area contributed by atoms with Crippen LogP contribution in [-0.2, 0) is 10.5 Å². The van der Waals surface area contributed by atoms with E-state index in [9.17, 15) is 13.2 Å². The van der Waals surface area contributed by atoms with Gasteiger partial charge >= 0.3 is 10.5 Å². The molecule has 6 nitrogen and oxygen atoms in total. The summed E-state index contributed by atoms with van der Waals surface area (Å²) in [5, 5.41) is 0.316. The zero-order valence-corrected chi connectivity index (χ0v) is 8.84. The Morgan fingerprint density at radius 2 is 2.13 bits per heavy atom. The number of benzene rings is 1. The zero-order chi connectivity index (χ0) is 11.4. The van der Waals surface area contributed by atoms with Gasteiger partial charge in [0.2, 0.25) is 0 Å². The first kappa shape index (κ1) is 11.5.